The van der Waals surface area contributed by atoms with Gasteiger partial charge in [0.1, 0.15) is 23.6 Å². The lowest BCUT2D eigenvalue weighted by Crippen LogP contribution is -2.50. The number of carbonyl (C=O) groups is 2. The number of hydrogen-bond donors (Lipinski definition) is 2. The zero-order chi connectivity index (χ0) is 30.7. The minimum atomic E-state index is -2.19. The summed E-state index contributed by atoms with van der Waals surface area (Å²) in [5, 5.41) is 3.35. The van der Waals surface area contributed by atoms with Crippen LogP contribution in [0.3, 0.4) is 0 Å². The molecule has 4 atom stereocenters. The van der Waals surface area contributed by atoms with Crippen LogP contribution in [0.1, 0.15) is 67.0 Å². The first-order valence-electron chi connectivity index (χ1n) is 13.8. The fraction of sp³-hybridized carbons (Fsp3) is 0.679. The predicted molar refractivity (Wildman–Crippen MR) is 159 cm³/mol. The number of amides is 2. The summed E-state index contributed by atoms with van der Waals surface area (Å²) < 4.78 is 30.2. The van der Waals surface area contributed by atoms with Gasteiger partial charge in [0.25, 0.3) is 0 Å². The van der Waals surface area contributed by atoms with Crippen LogP contribution < -0.4 is 5.32 Å². The molecule has 0 spiro atoms. The number of fused-ring (bicyclic) bond motifs is 2. The van der Waals surface area contributed by atoms with Gasteiger partial charge in [0.15, 0.2) is 19.3 Å². The molecule has 0 bridgehead atoms. The van der Waals surface area contributed by atoms with E-state index in [1.54, 1.807) is 17.2 Å². The first kappa shape index (κ1) is 31.6. The Balaban J connectivity index is 1.85. The van der Waals surface area contributed by atoms with Gasteiger partial charge in [0.05, 0.1) is 31.3 Å². The highest BCUT2D eigenvalue weighted by Gasteiger charge is 2.61. The molecular weight excluding hydrogens is 568 g/mol. The Kier molecular flexibility index (Phi) is 8.24. The molecule has 2 saturated heterocycles. The maximum atomic E-state index is 14.0. The average Bonchev–Trinajstić information content (AvgIpc) is 3.44. The van der Waals surface area contributed by atoms with E-state index in [-0.39, 0.29) is 22.6 Å². The number of rotatable bonds is 5. The number of aromatic nitrogens is 2. The van der Waals surface area contributed by atoms with E-state index in [1.807, 2.05) is 34.6 Å². The molecule has 0 radical (unpaired) electrons. The molecule has 0 aromatic carbocycles. The number of H-pyrrole nitrogens is 1. The highest BCUT2D eigenvalue weighted by molar-refractivity contribution is 6.74. The zero-order valence-corrected chi connectivity index (χ0v) is 27.6. The Labute approximate surface area is 247 Å². The van der Waals surface area contributed by atoms with Gasteiger partial charge in [-0.15, -0.1) is 0 Å². The molecular formula is C28H43ClN4O7Si. The SMILES string of the molecule is COC(=O)Nc1cc2c([C@H]3[C@@H]4OC(C)(C)O[C@@H]4[C@@H](CO[Si](C)(C)C(C)(C)C)N3C(=O)OC(C)(C)C)c[nH]c2c(Cl)n1. The first-order valence-corrected chi connectivity index (χ1v) is 17.1. The molecule has 2 fully saturated rings. The summed E-state index contributed by atoms with van der Waals surface area (Å²) in [7, 11) is -0.925. The van der Waals surface area contributed by atoms with Crippen molar-refractivity contribution in [2.24, 2.45) is 0 Å². The minimum Gasteiger partial charge on any atom is -0.453 e. The number of anilines is 1. The fourth-order valence-corrected chi connectivity index (χ4v) is 6.30. The third-order valence-electron chi connectivity index (χ3n) is 7.93. The van der Waals surface area contributed by atoms with Crippen molar-refractivity contribution in [1.82, 2.24) is 14.9 Å². The van der Waals surface area contributed by atoms with E-state index >= 15 is 0 Å². The quantitative estimate of drug-likeness (QED) is 0.287. The van der Waals surface area contributed by atoms with Gasteiger partial charge in [-0.05, 0) is 58.8 Å². The van der Waals surface area contributed by atoms with Gasteiger partial charge in [-0.3, -0.25) is 10.2 Å². The third-order valence-corrected chi connectivity index (χ3v) is 12.7. The van der Waals surface area contributed by atoms with Crippen LogP contribution in [0.15, 0.2) is 12.3 Å². The van der Waals surface area contributed by atoms with Crippen molar-refractivity contribution in [2.45, 2.75) is 109 Å². The molecule has 13 heteroatoms. The van der Waals surface area contributed by atoms with E-state index in [4.69, 9.17) is 35.0 Å². The average molecular weight is 611 g/mol. The summed E-state index contributed by atoms with van der Waals surface area (Å²) in [4.78, 5) is 35.0. The Morgan fingerprint density at radius 3 is 2.39 bits per heavy atom. The molecule has 0 aliphatic carbocycles. The number of ether oxygens (including phenoxy) is 4. The summed E-state index contributed by atoms with van der Waals surface area (Å²) in [6, 6.07) is 0.570. The van der Waals surface area contributed by atoms with Crippen molar-refractivity contribution in [1.29, 1.82) is 0 Å². The van der Waals surface area contributed by atoms with Crippen LogP contribution in [0.2, 0.25) is 23.3 Å². The van der Waals surface area contributed by atoms with Crippen molar-refractivity contribution < 1.29 is 33.0 Å². The van der Waals surface area contributed by atoms with E-state index in [0.29, 0.717) is 16.5 Å². The second kappa shape index (κ2) is 10.7. The number of likely N-dealkylation sites (tertiary alicyclic amines) is 1. The molecule has 2 aliphatic rings. The second-order valence-corrected chi connectivity index (χ2v) is 18.8. The van der Waals surface area contributed by atoms with E-state index in [9.17, 15) is 9.59 Å². The second-order valence-electron chi connectivity index (χ2n) is 13.6. The number of carbonyl (C=O) groups excluding carboxylic acids is 2. The smallest absolute Gasteiger partial charge is 0.412 e. The number of nitrogens with zero attached hydrogens (tertiary/aromatic N) is 2. The Morgan fingerprint density at radius 1 is 1.17 bits per heavy atom. The van der Waals surface area contributed by atoms with Crippen molar-refractivity contribution in [3.63, 3.8) is 0 Å². The topological polar surface area (TPSA) is 124 Å². The molecule has 228 valence electrons. The van der Waals surface area contributed by atoms with Gasteiger partial charge < -0.3 is 28.4 Å². The maximum absolute atomic E-state index is 14.0. The molecule has 0 unspecified atom stereocenters. The number of hydrogen-bond acceptors (Lipinski definition) is 8. The Morgan fingerprint density at radius 2 is 1.80 bits per heavy atom. The molecule has 4 heterocycles. The largest absolute Gasteiger partial charge is 0.453 e. The van der Waals surface area contributed by atoms with Gasteiger partial charge in [-0.1, -0.05) is 32.4 Å². The Hall–Kier alpha value is -2.38. The van der Waals surface area contributed by atoms with Crippen molar-refractivity contribution in [3.8, 4) is 0 Å². The number of pyridine rings is 1. The maximum Gasteiger partial charge on any atom is 0.412 e. The molecule has 41 heavy (non-hydrogen) atoms. The van der Waals surface area contributed by atoms with E-state index in [0.717, 1.165) is 0 Å². The third kappa shape index (κ3) is 6.36. The minimum absolute atomic E-state index is 0.0307. The summed E-state index contributed by atoms with van der Waals surface area (Å²) >= 11 is 6.51. The van der Waals surface area contributed by atoms with E-state index < -0.39 is 56.2 Å². The van der Waals surface area contributed by atoms with Gasteiger partial charge in [-0.25, -0.2) is 14.6 Å². The molecule has 4 rings (SSSR count). The molecule has 2 aromatic heterocycles. The predicted octanol–water partition coefficient (Wildman–Crippen LogP) is 6.60. The number of methoxy groups -OCH3 is 1. The van der Waals surface area contributed by atoms with Crippen LogP contribution in [0.5, 0.6) is 0 Å². The lowest BCUT2D eigenvalue weighted by atomic mass is 10.0. The molecule has 2 aliphatic heterocycles. The van der Waals surface area contributed by atoms with E-state index in [2.05, 4.69) is 49.1 Å². The highest BCUT2D eigenvalue weighted by atomic mass is 35.5. The summed E-state index contributed by atoms with van der Waals surface area (Å²) in [5.41, 5.74) is 0.530. The summed E-state index contributed by atoms with van der Waals surface area (Å²) in [6.45, 7) is 20.3. The lowest BCUT2D eigenvalue weighted by Gasteiger charge is -2.40. The van der Waals surface area contributed by atoms with Crippen molar-refractivity contribution >= 4 is 48.8 Å². The molecule has 2 amide bonds. The number of halogens is 1. The van der Waals surface area contributed by atoms with Crippen LogP contribution in [-0.2, 0) is 23.4 Å². The van der Waals surface area contributed by atoms with Crippen molar-refractivity contribution in [3.05, 3.63) is 23.0 Å². The molecule has 0 saturated carbocycles. The summed E-state index contributed by atoms with van der Waals surface area (Å²) in [5.74, 6) is -0.679. The monoisotopic (exact) mass is 610 g/mol. The van der Waals surface area contributed by atoms with Gasteiger partial charge in [0, 0.05) is 17.1 Å². The highest BCUT2D eigenvalue weighted by Crippen LogP contribution is 2.50. The molecule has 2 aromatic rings. The first-order chi connectivity index (χ1) is 18.7. The standard InChI is InChI=1S/C28H43ClN4O7Si/c1-26(2,3)40-25(35)33-17(14-37-41(10,11)27(4,5)6)21-22(39-28(7,8)38-21)20(33)16-13-30-19-15(16)12-18(31-23(19)29)32-24(34)36-9/h12-13,17,20-22,30H,14H2,1-11H3,(H,31,32,34)/t17-,20+,21-,22+/m1/s1. The van der Waals surface area contributed by atoms with Crippen LogP contribution in [-0.4, -0.2) is 78.7 Å². The zero-order valence-electron chi connectivity index (χ0n) is 25.8. The van der Waals surface area contributed by atoms with Crippen LogP contribution in [0.4, 0.5) is 15.4 Å². The number of aromatic amines is 1. The van der Waals surface area contributed by atoms with Gasteiger partial charge in [-0.2, -0.15) is 0 Å². The van der Waals surface area contributed by atoms with Crippen molar-refractivity contribution in [2.75, 3.05) is 19.0 Å². The van der Waals surface area contributed by atoms with Gasteiger partial charge in [0.2, 0.25) is 0 Å². The fourth-order valence-electron chi connectivity index (χ4n) is 5.03. The van der Waals surface area contributed by atoms with Gasteiger partial charge >= 0.3 is 12.2 Å². The van der Waals surface area contributed by atoms with E-state index in [1.165, 1.54) is 7.11 Å². The van der Waals surface area contributed by atoms with Crippen LogP contribution in [0.25, 0.3) is 10.9 Å². The van der Waals surface area contributed by atoms with Crippen LogP contribution in [0, 0.1) is 0 Å². The lowest BCUT2D eigenvalue weighted by molar-refractivity contribution is -0.168. The summed E-state index contributed by atoms with van der Waals surface area (Å²) in [6.07, 6.45) is -0.423. The normalized spacial score (nSPS) is 24.4. The molecule has 2 N–H and O–H groups in total. The molecule has 11 nitrogen and oxygen atoms in total. The number of nitrogens with one attached hydrogen (secondary N) is 2. The Bertz CT molecular complexity index is 1320. The van der Waals surface area contributed by atoms with Crippen LogP contribution >= 0.6 is 11.6 Å².